The Morgan fingerprint density at radius 1 is 0.875 bits per heavy atom. The van der Waals surface area contributed by atoms with Crippen LogP contribution in [0.2, 0.25) is 0 Å². The van der Waals surface area contributed by atoms with Gasteiger partial charge in [-0.05, 0) is 101 Å². The van der Waals surface area contributed by atoms with E-state index in [-0.39, 0.29) is 16.5 Å². The van der Waals surface area contributed by atoms with Crippen molar-refractivity contribution >= 4 is 22.4 Å². The van der Waals surface area contributed by atoms with Crippen LogP contribution >= 0.6 is 0 Å². The van der Waals surface area contributed by atoms with Gasteiger partial charge in [-0.3, -0.25) is 0 Å². The van der Waals surface area contributed by atoms with E-state index in [0.717, 1.165) is 66.0 Å². The van der Waals surface area contributed by atoms with E-state index >= 15 is 0 Å². The number of benzene rings is 3. The van der Waals surface area contributed by atoms with E-state index in [0.29, 0.717) is 17.9 Å². The zero-order chi connectivity index (χ0) is 33.5. The topological polar surface area (TPSA) is 77.7 Å². The largest absolute Gasteiger partial charge is 0.460 e. The van der Waals surface area contributed by atoms with Crippen LogP contribution in [0.1, 0.15) is 64.5 Å². The summed E-state index contributed by atoms with van der Waals surface area (Å²) in [7, 11) is 0. The van der Waals surface area contributed by atoms with Crippen molar-refractivity contribution in [3.8, 4) is 11.5 Å². The highest BCUT2D eigenvalue weighted by atomic mass is 16.5. The molecule has 6 nitrogen and oxygen atoms in total. The van der Waals surface area contributed by atoms with Crippen LogP contribution in [-0.2, 0) is 10.8 Å². The lowest BCUT2D eigenvalue weighted by atomic mass is 9.81. The van der Waals surface area contributed by atoms with Gasteiger partial charge in [-0.2, -0.15) is 4.58 Å². The minimum absolute atomic E-state index is 0.169. The first-order valence-electron chi connectivity index (χ1n) is 16.9. The lowest BCUT2D eigenvalue weighted by Gasteiger charge is -2.23. The fourth-order valence-corrected chi connectivity index (χ4v) is 7.25. The summed E-state index contributed by atoms with van der Waals surface area (Å²) < 4.78 is 21.0. The first kappa shape index (κ1) is 31.6. The van der Waals surface area contributed by atoms with Crippen molar-refractivity contribution in [2.75, 3.05) is 13.1 Å². The Morgan fingerprint density at radius 3 is 2.46 bits per heavy atom. The fraction of sp³-hybridized carbons (Fsp3) is 0.286. The lowest BCUT2D eigenvalue weighted by molar-refractivity contribution is -0.437. The van der Waals surface area contributed by atoms with Crippen molar-refractivity contribution in [1.29, 1.82) is 0 Å². The standard InChI is InChI=1S/C42H43N2O4/c1-41(2)32-13-5-7-15-34(32)44(26-10-25-43)37(41)22-18-29-11-9-12-30(19-23-38-42(3,4)33-14-6-8-16-35(33)47-38)40(29)46-31-21-17-28-20-24-39(45)48-36(28)27-31/h5-8,13-24,27H,9-12,25-26,43H2,1-4H3/q+1/b22-18+,30-19+,38-23+. The van der Waals surface area contributed by atoms with Gasteiger partial charge in [0.2, 0.25) is 5.69 Å². The molecule has 0 spiro atoms. The zero-order valence-electron chi connectivity index (χ0n) is 28.2. The van der Waals surface area contributed by atoms with Crippen LogP contribution in [0.5, 0.6) is 11.5 Å². The quantitative estimate of drug-likeness (QED) is 0.154. The number of nitrogens with two attached hydrogens (primary N) is 1. The monoisotopic (exact) mass is 639 g/mol. The normalized spacial score (nSPS) is 19.8. The van der Waals surface area contributed by atoms with Crippen LogP contribution in [0.4, 0.5) is 5.69 Å². The van der Waals surface area contributed by atoms with Gasteiger partial charge in [-0.15, -0.1) is 0 Å². The maximum Gasteiger partial charge on any atom is 0.336 e. The molecule has 0 atom stereocenters. The number of ether oxygens (including phenoxy) is 2. The number of para-hydroxylation sites is 2. The maximum absolute atomic E-state index is 12.0. The van der Waals surface area contributed by atoms with E-state index in [4.69, 9.17) is 19.6 Å². The van der Waals surface area contributed by atoms with Gasteiger partial charge in [0.15, 0.2) is 12.3 Å². The van der Waals surface area contributed by atoms with Gasteiger partial charge in [0.1, 0.15) is 28.6 Å². The summed E-state index contributed by atoms with van der Waals surface area (Å²) in [6.45, 7) is 10.5. The average molecular weight is 640 g/mol. The van der Waals surface area contributed by atoms with Crippen LogP contribution in [0.3, 0.4) is 0 Å². The number of hydrogen-bond donors (Lipinski definition) is 1. The summed E-state index contributed by atoms with van der Waals surface area (Å²) in [5.74, 6) is 3.25. The van der Waals surface area contributed by atoms with Gasteiger partial charge in [-0.25, -0.2) is 4.79 Å². The highest BCUT2D eigenvalue weighted by Gasteiger charge is 2.44. The molecule has 0 radical (unpaired) electrons. The summed E-state index contributed by atoms with van der Waals surface area (Å²) in [5, 5.41) is 0.845. The maximum atomic E-state index is 12.0. The van der Waals surface area contributed by atoms with Gasteiger partial charge in [0, 0.05) is 47.2 Å². The molecule has 7 rings (SSSR count). The van der Waals surface area contributed by atoms with E-state index in [1.807, 2.05) is 24.3 Å². The van der Waals surface area contributed by atoms with Crippen LogP contribution in [-0.4, -0.2) is 23.4 Å². The number of nitrogens with zero attached hydrogens (tertiary/aromatic N) is 1. The molecule has 2 N–H and O–H groups in total. The van der Waals surface area contributed by atoms with Crippen LogP contribution in [0.25, 0.3) is 11.0 Å². The molecule has 0 bridgehead atoms. The van der Waals surface area contributed by atoms with Crippen molar-refractivity contribution < 1.29 is 18.5 Å². The van der Waals surface area contributed by atoms with Gasteiger partial charge < -0.3 is 19.6 Å². The van der Waals surface area contributed by atoms with Gasteiger partial charge in [0.05, 0.1) is 10.8 Å². The molecular formula is C42H43N2O4+. The summed E-state index contributed by atoms with van der Waals surface area (Å²) in [5.41, 5.74) is 12.9. The van der Waals surface area contributed by atoms with Crippen molar-refractivity contribution in [3.05, 3.63) is 147 Å². The van der Waals surface area contributed by atoms with Crippen molar-refractivity contribution in [1.82, 2.24) is 0 Å². The minimum Gasteiger partial charge on any atom is -0.460 e. The highest BCUT2D eigenvalue weighted by Crippen LogP contribution is 2.45. The molecule has 0 fully saturated rings. The molecular weight excluding hydrogens is 596 g/mol. The van der Waals surface area contributed by atoms with Gasteiger partial charge in [-0.1, -0.05) is 42.5 Å². The first-order valence-corrected chi connectivity index (χ1v) is 16.9. The second-order valence-corrected chi connectivity index (χ2v) is 13.9. The Kier molecular flexibility index (Phi) is 8.30. The minimum atomic E-state index is -0.385. The van der Waals surface area contributed by atoms with E-state index in [2.05, 4.69) is 93.0 Å². The number of rotatable bonds is 8. The van der Waals surface area contributed by atoms with E-state index in [9.17, 15) is 4.79 Å². The van der Waals surface area contributed by atoms with Crippen LogP contribution < -0.4 is 20.8 Å². The molecule has 4 aromatic rings. The van der Waals surface area contributed by atoms with Crippen molar-refractivity contribution in [2.45, 2.75) is 64.2 Å². The Hall–Kier alpha value is -4.94. The molecule has 0 amide bonds. The third-order valence-electron chi connectivity index (χ3n) is 9.95. The predicted molar refractivity (Wildman–Crippen MR) is 192 cm³/mol. The number of fused-ring (bicyclic) bond motifs is 3. The zero-order valence-corrected chi connectivity index (χ0v) is 28.2. The second-order valence-electron chi connectivity index (χ2n) is 13.9. The van der Waals surface area contributed by atoms with Crippen molar-refractivity contribution in [2.24, 2.45) is 5.73 Å². The van der Waals surface area contributed by atoms with E-state index < -0.39 is 0 Å². The smallest absolute Gasteiger partial charge is 0.336 e. The molecule has 1 aliphatic carbocycles. The molecule has 3 aliphatic rings. The first-order chi connectivity index (χ1) is 23.2. The van der Waals surface area contributed by atoms with Crippen molar-refractivity contribution in [3.63, 3.8) is 0 Å². The predicted octanol–water partition coefficient (Wildman–Crippen LogP) is 8.77. The number of hydrogen-bond acceptors (Lipinski definition) is 5. The fourth-order valence-electron chi connectivity index (χ4n) is 7.25. The molecule has 3 aromatic carbocycles. The third kappa shape index (κ3) is 5.75. The molecule has 1 aromatic heterocycles. The van der Waals surface area contributed by atoms with Crippen LogP contribution in [0, 0.1) is 0 Å². The molecule has 244 valence electrons. The molecule has 3 heterocycles. The summed E-state index contributed by atoms with van der Waals surface area (Å²) in [4.78, 5) is 12.0. The van der Waals surface area contributed by atoms with Gasteiger partial charge >= 0.3 is 5.63 Å². The molecule has 2 aliphatic heterocycles. The summed E-state index contributed by atoms with van der Waals surface area (Å²) in [6, 6.07) is 25.8. The Balaban J connectivity index is 1.32. The molecule has 0 saturated carbocycles. The Morgan fingerprint density at radius 2 is 1.65 bits per heavy atom. The molecule has 0 unspecified atom stereocenters. The Bertz CT molecular complexity index is 2120. The Labute approximate surface area is 282 Å². The second kappa shape index (κ2) is 12.6. The van der Waals surface area contributed by atoms with Gasteiger partial charge in [0.25, 0.3) is 0 Å². The number of allylic oxidation sites excluding steroid dienone is 7. The SMILES string of the molecule is CC1(C)C(/C=C/C2=C(Oc3ccc4ccc(=O)oc4c3)C(=C/C=C3/Oc4ccccc4C3(C)C)/CCC2)=[N+](CCCN)c2ccccc21. The molecule has 6 heteroatoms. The summed E-state index contributed by atoms with van der Waals surface area (Å²) >= 11 is 0. The van der Waals surface area contributed by atoms with E-state index in [1.165, 1.54) is 28.6 Å². The average Bonchev–Trinajstić information content (AvgIpc) is 3.47. The van der Waals surface area contributed by atoms with E-state index in [1.54, 1.807) is 12.1 Å². The lowest BCUT2D eigenvalue weighted by Crippen LogP contribution is -2.28. The molecule has 0 saturated heterocycles. The highest BCUT2D eigenvalue weighted by molar-refractivity contribution is 6.03. The summed E-state index contributed by atoms with van der Waals surface area (Å²) in [6.07, 6.45) is 12.4. The molecule has 48 heavy (non-hydrogen) atoms. The van der Waals surface area contributed by atoms with Crippen LogP contribution in [0.15, 0.2) is 135 Å². The third-order valence-corrected chi connectivity index (χ3v) is 9.95.